The summed E-state index contributed by atoms with van der Waals surface area (Å²) in [7, 11) is 0. The quantitative estimate of drug-likeness (QED) is 0.149. The number of quaternary nitrogens is 1. The van der Waals surface area contributed by atoms with E-state index in [0.717, 1.165) is 102 Å². The molecule has 2 unspecified atom stereocenters. The largest absolute Gasteiger partial charge is 0.384 e. The third-order valence-electron chi connectivity index (χ3n) is 16.6. The summed E-state index contributed by atoms with van der Waals surface area (Å²) in [5, 5.41) is 31.6. The van der Waals surface area contributed by atoms with Crippen molar-refractivity contribution >= 4 is 21.5 Å². The van der Waals surface area contributed by atoms with Crippen LogP contribution in [0.15, 0.2) is 267 Å². The van der Waals surface area contributed by atoms with Crippen LogP contribution in [-0.2, 0) is 26.2 Å². The molecule has 1 spiro atoms. The van der Waals surface area contributed by atoms with Crippen LogP contribution in [0.2, 0.25) is 0 Å². The predicted octanol–water partition coefficient (Wildman–Crippen LogP) is 17.7. The van der Waals surface area contributed by atoms with Crippen LogP contribution < -0.4 is 0 Å². The molecule has 0 fully saturated rings. The molecule has 2 aliphatic heterocycles. The van der Waals surface area contributed by atoms with Crippen LogP contribution in [0.25, 0.3) is 88.3 Å². The molecule has 14 rings (SSSR count). The Hall–Kier alpha value is -8.96. The van der Waals surface area contributed by atoms with Gasteiger partial charge in [-0.2, -0.15) is 0 Å². The maximum atomic E-state index is 13.3. The fraction of sp³-hybridized carbons (Fsp3) is 0.0811. The lowest BCUT2D eigenvalue weighted by molar-refractivity contribution is -0.978. The minimum absolute atomic E-state index is 0.642. The van der Waals surface area contributed by atoms with E-state index in [9.17, 15) is 10.2 Å². The molecule has 0 aromatic heterocycles. The summed E-state index contributed by atoms with van der Waals surface area (Å²) >= 11 is 0. The SMILES string of the molecule is OC(c1cc(-c2ccccc2)cc(-c2ccccc2)c1)c1cccc2c1C[N+]1(Cc3ccc4ccccc4c3-c3c(ccc4ccccc34)C1)Cc1c-2cccc1C(O)c1cc(-c2ccccc2)cc(-c2ccccc2)c1. The van der Waals surface area contributed by atoms with Crippen LogP contribution in [0, 0.1) is 0 Å². The maximum absolute atomic E-state index is 13.3. The molecule has 0 saturated carbocycles. The van der Waals surface area contributed by atoms with Gasteiger partial charge in [-0.25, -0.2) is 0 Å². The molecule has 3 heteroatoms. The first kappa shape index (κ1) is 46.6. The number of fused-ring (bicyclic) bond motifs is 10. The molecule has 12 aromatic carbocycles. The summed E-state index contributed by atoms with van der Waals surface area (Å²) in [4.78, 5) is 0. The molecule has 0 bridgehead atoms. The van der Waals surface area contributed by atoms with E-state index in [-0.39, 0.29) is 0 Å². The lowest BCUT2D eigenvalue weighted by Crippen LogP contribution is -2.44. The lowest BCUT2D eigenvalue weighted by atomic mass is 9.85. The number of hydrogen-bond donors (Lipinski definition) is 2. The fourth-order valence-corrected chi connectivity index (χ4v) is 13.0. The first-order valence-corrected chi connectivity index (χ1v) is 26.9. The van der Waals surface area contributed by atoms with Gasteiger partial charge >= 0.3 is 0 Å². The lowest BCUT2D eigenvalue weighted by Gasteiger charge is -2.39. The van der Waals surface area contributed by atoms with Crippen LogP contribution >= 0.6 is 0 Å². The molecule has 0 radical (unpaired) electrons. The van der Waals surface area contributed by atoms with Crippen LogP contribution in [0.3, 0.4) is 0 Å². The van der Waals surface area contributed by atoms with Crippen molar-refractivity contribution in [1.29, 1.82) is 0 Å². The van der Waals surface area contributed by atoms with Crippen molar-refractivity contribution in [3.8, 4) is 66.8 Å². The summed E-state index contributed by atoms with van der Waals surface area (Å²) in [6, 6.07) is 95.3. The van der Waals surface area contributed by atoms with E-state index in [1.54, 1.807) is 0 Å². The molecule has 3 nitrogen and oxygen atoms in total. The van der Waals surface area contributed by atoms with Gasteiger partial charge in [0, 0.05) is 22.3 Å². The van der Waals surface area contributed by atoms with E-state index in [4.69, 9.17) is 0 Å². The van der Waals surface area contributed by atoms with Crippen LogP contribution in [0.4, 0.5) is 0 Å². The monoisotopic (exact) mass is 990 g/mol. The number of rotatable bonds is 8. The first-order chi connectivity index (χ1) is 37.9. The Balaban J connectivity index is 1.00. The molecule has 2 atom stereocenters. The first-order valence-electron chi connectivity index (χ1n) is 26.9. The fourth-order valence-electron chi connectivity index (χ4n) is 13.0. The van der Waals surface area contributed by atoms with E-state index in [1.807, 2.05) is 0 Å². The number of nitrogens with zero attached hydrogens (tertiary/aromatic N) is 1. The Morgan fingerprint density at radius 2 is 0.623 bits per heavy atom. The van der Waals surface area contributed by atoms with Crippen molar-refractivity contribution in [3.63, 3.8) is 0 Å². The molecule has 0 amide bonds. The zero-order chi connectivity index (χ0) is 51.5. The number of aliphatic hydroxyl groups is 2. The Morgan fingerprint density at radius 1 is 0.286 bits per heavy atom. The van der Waals surface area contributed by atoms with E-state index in [0.29, 0.717) is 17.6 Å². The van der Waals surface area contributed by atoms with Crippen molar-refractivity contribution in [2.75, 3.05) is 0 Å². The molecule has 368 valence electrons. The van der Waals surface area contributed by atoms with Crippen molar-refractivity contribution in [2.24, 2.45) is 0 Å². The molecule has 2 N–H and O–H groups in total. The van der Waals surface area contributed by atoms with Gasteiger partial charge in [0.25, 0.3) is 0 Å². The molecule has 77 heavy (non-hydrogen) atoms. The highest BCUT2D eigenvalue weighted by molar-refractivity contribution is 6.08. The van der Waals surface area contributed by atoms with Gasteiger partial charge in [0.15, 0.2) is 0 Å². The van der Waals surface area contributed by atoms with Gasteiger partial charge in [0.1, 0.15) is 38.4 Å². The predicted molar refractivity (Wildman–Crippen MR) is 317 cm³/mol. The van der Waals surface area contributed by atoms with Crippen molar-refractivity contribution in [3.05, 3.63) is 311 Å². The summed E-state index contributed by atoms with van der Waals surface area (Å²) < 4.78 is 0.642. The summed E-state index contributed by atoms with van der Waals surface area (Å²) in [6.45, 7) is 2.77. The van der Waals surface area contributed by atoms with Gasteiger partial charge in [0.05, 0.1) is 0 Å². The highest BCUT2D eigenvalue weighted by atomic mass is 16.3. The molecule has 0 saturated heterocycles. The Labute approximate surface area is 450 Å². The molecule has 2 aliphatic rings. The average Bonchev–Trinajstić information content (AvgIpc) is 3.74. The van der Waals surface area contributed by atoms with Gasteiger partial charge in [-0.1, -0.05) is 231 Å². The molecular formula is C74H56NO2+. The molecular weight excluding hydrogens is 935 g/mol. The minimum Gasteiger partial charge on any atom is -0.384 e. The Morgan fingerprint density at radius 3 is 0.987 bits per heavy atom. The maximum Gasteiger partial charge on any atom is 0.106 e. The smallest absolute Gasteiger partial charge is 0.106 e. The third kappa shape index (κ3) is 8.46. The van der Waals surface area contributed by atoms with Gasteiger partial charge in [-0.05, 0) is 147 Å². The van der Waals surface area contributed by atoms with E-state index < -0.39 is 12.2 Å². The Kier molecular flexibility index (Phi) is 11.7. The van der Waals surface area contributed by atoms with Crippen molar-refractivity contribution < 1.29 is 14.7 Å². The van der Waals surface area contributed by atoms with Crippen molar-refractivity contribution in [2.45, 2.75) is 38.4 Å². The second-order valence-corrected chi connectivity index (χ2v) is 21.3. The van der Waals surface area contributed by atoms with Crippen LogP contribution in [0.1, 0.15) is 56.7 Å². The number of benzene rings is 12. The standard InChI is InChI=1S/C74H56NO2/c76-73(61-41-57(49-19-5-1-6-20-49)39-58(42-61)50-21-7-2-8-22-50)67-33-17-31-65-66-32-18-34-68(74(77)62-43-59(51-23-9-3-10-24-51)40-60(44-62)52-25-11-4-12-26-52)70(66)48-75(47-69(65)67)45-55-37-35-53-27-13-15-29-63(53)71(55)72-56(46-75)38-36-54-28-14-16-30-64(54)72/h1-44,73-74,76-77H,45-48H2/q+1. The summed E-state index contributed by atoms with van der Waals surface area (Å²) in [5.41, 5.74) is 21.7. The van der Waals surface area contributed by atoms with Gasteiger partial charge < -0.3 is 14.7 Å². The summed E-state index contributed by atoms with van der Waals surface area (Å²) in [5.74, 6) is 0. The van der Waals surface area contributed by atoms with Crippen LogP contribution in [-0.4, -0.2) is 14.7 Å². The van der Waals surface area contributed by atoms with Gasteiger partial charge in [0.2, 0.25) is 0 Å². The van der Waals surface area contributed by atoms with E-state index in [1.165, 1.54) is 43.8 Å². The second kappa shape index (κ2) is 19.3. The molecule has 2 heterocycles. The third-order valence-corrected chi connectivity index (χ3v) is 16.6. The summed E-state index contributed by atoms with van der Waals surface area (Å²) in [6.07, 6.45) is -1.88. The molecule has 0 aliphatic carbocycles. The van der Waals surface area contributed by atoms with E-state index >= 15 is 0 Å². The highest BCUT2D eigenvalue weighted by Crippen LogP contribution is 2.50. The highest BCUT2D eigenvalue weighted by Gasteiger charge is 2.41. The zero-order valence-electron chi connectivity index (χ0n) is 42.7. The second-order valence-electron chi connectivity index (χ2n) is 21.3. The van der Waals surface area contributed by atoms with Gasteiger partial charge in [-0.3, -0.25) is 0 Å². The van der Waals surface area contributed by atoms with Crippen LogP contribution in [0.5, 0.6) is 0 Å². The zero-order valence-corrected chi connectivity index (χ0v) is 42.7. The minimum atomic E-state index is -0.942. The average molecular weight is 991 g/mol. The van der Waals surface area contributed by atoms with E-state index in [2.05, 4.69) is 267 Å². The molecule has 12 aromatic rings. The Bertz CT molecular complexity index is 3800. The normalized spacial score (nSPS) is 14.2. The number of hydrogen-bond acceptors (Lipinski definition) is 2. The topological polar surface area (TPSA) is 40.5 Å². The number of aliphatic hydroxyl groups excluding tert-OH is 2. The van der Waals surface area contributed by atoms with Crippen molar-refractivity contribution in [1.82, 2.24) is 0 Å². The van der Waals surface area contributed by atoms with Gasteiger partial charge in [-0.15, -0.1) is 0 Å².